The van der Waals surface area contributed by atoms with Gasteiger partial charge in [0.25, 0.3) is 0 Å². The first-order valence-electron chi connectivity index (χ1n) is 5.99. The van der Waals surface area contributed by atoms with Crippen molar-refractivity contribution in [1.29, 1.82) is 0 Å². The second-order valence-corrected chi connectivity index (χ2v) is 4.26. The van der Waals surface area contributed by atoms with Gasteiger partial charge in [-0.2, -0.15) is 13.2 Å². The van der Waals surface area contributed by atoms with Gasteiger partial charge in [-0.15, -0.1) is 0 Å². The normalized spacial score (nSPS) is 12.3. The number of ether oxygens (including phenoxy) is 1. The fourth-order valence-corrected chi connectivity index (χ4v) is 1.55. The number of carboxylic acid groups (broad SMARTS) is 1. The number of hydrogen-bond donors (Lipinski definition) is 1. The van der Waals surface area contributed by atoms with Crippen molar-refractivity contribution in [1.82, 2.24) is 0 Å². The van der Waals surface area contributed by atoms with Crippen molar-refractivity contribution in [3.05, 3.63) is 35.9 Å². The van der Waals surface area contributed by atoms with Gasteiger partial charge in [-0.25, -0.2) is 4.79 Å². The molecule has 0 heterocycles. The quantitative estimate of drug-likeness (QED) is 0.638. The maximum atomic E-state index is 11.9. The number of alkyl halides is 3. The molecule has 1 aromatic carbocycles. The minimum absolute atomic E-state index is 0.0111. The third kappa shape index (κ3) is 6.26. The van der Waals surface area contributed by atoms with E-state index >= 15 is 0 Å². The van der Waals surface area contributed by atoms with Crippen LogP contribution in [0, 0.1) is 0 Å². The SMILES string of the molecule is C/C(=C/C(=O)O)c1ccc(OCCCC(F)(F)F)cc1. The third-order valence-electron chi connectivity index (χ3n) is 2.52. The summed E-state index contributed by atoms with van der Waals surface area (Å²) in [5.41, 5.74) is 1.30. The Balaban J connectivity index is 2.49. The van der Waals surface area contributed by atoms with Gasteiger partial charge in [0.1, 0.15) is 5.75 Å². The van der Waals surface area contributed by atoms with Crippen LogP contribution in [0.25, 0.3) is 5.57 Å². The van der Waals surface area contributed by atoms with Crippen LogP contribution in [0.2, 0.25) is 0 Å². The van der Waals surface area contributed by atoms with Crippen LogP contribution in [0.1, 0.15) is 25.3 Å². The van der Waals surface area contributed by atoms with E-state index in [9.17, 15) is 18.0 Å². The molecule has 0 radical (unpaired) electrons. The van der Waals surface area contributed by atoms with Crippen LogP contribution in [0.3, 0.4) is 0 Å². The lowest BCUT2D eigenvalue weighted by Crippen LogP contribution is -2.09. The summed E-state index contributed by atoms with van der Waals surface area (Å²) in [5, 5.41) is 8.62. The zero-order valence-corrected chi connectivity index (χ0v) is 10.9. The molecule has 0 saturated heterocycles. The fourth-order valence-electron chi connectivity index (χ4n) is 1.55. The molecule has 110 valence electrons. The zero-order chi connectivity index (χ0) is 15.2. The van der Waals surface area contributed by atoms with Crippen LogP contribution < -0.4 is 4.74 Å². The number of benzene rings is 1. The van der Waals surface area contributed by atoms with Gasteiger partial charge in [0.15, 0.2) is 0 Å². The van der Waals surface area contributed by atoms with Crippen LogP contribution in [0.4, 0.5) is 13.2 Å². The van der Waals surface area contributed by atoms with E-state index in [1.54, 1.807) is 31.2 Å². The zero-order valence-electron chi connectivity index (χ0n) is 10.9. The number of hydrogen-bond acceptors (Lipinski definition) is 2. The Kier molecular flexibility index (Phi) is 5.61. The summed E-state index contributed by atoms with van der Waals surface area (Å²) in [7, 11) is 0. The predicted octanol–water partition coefficient (Wildman–Crippen LogP) is 3.90. The van der Waals surface area contributed by atoms with Crippen LogP contribution in [0.5, 0.6) is 5.75 Å². The van der Waals surface area contributed by atoms with Crippen molar-refractivity contribution in [2.75, 3.05) is 6.61 Å². The molecule has 0 spiro atoms. The molecule has 0 atom stereocenters. The Labute approximate surface area is 114 Å². The van der Waals surface area contributed by atoms with E-state index in [1.807, 2.05) is 0 Å². The molecule has 0 aliphatic carbocycles. The number of carbonyl (C=O) groups is 1. The molecule has 0 bridgehead atoms. The lowest BCUT2D eigenvalue weighted by molar-refractivity contribution is -0.136. The molecule has 0 aliphatic heterocycles. The van der Waals surface area contributed by atoms with Crippen LogP contribution >= 0.6 is 0 Å². The maximum absolute atomic E-state index is 11.9. The molecule has 1 rings (SSSR count). The van der Waals surface area contributed by atoms with E-state index < -0.39 is 18.6 Å². The van der Waals surface area contributed by atoms with Crippen molar-refractivity contribution in [3.8, 4) is 5.75 Å². The Morgan fingerprint density at radius 3 is 2.40 bits per heavy atom. The second-order valence-electron chi connectivity index (χ2n) is 4.26. The Hall–Kier alpha value is -1.98. The van der Waals surface area contributed by atoms with Gasteiger partial charge in [-0.05, 0) is 36.6 Å². The number of carboxylic acids is 1. The minimum Gasteiger partial charge on any atom is -0.494 e. The maximum Gasteiger partial charge on any atom is 0.389 e. The Bertz CT molecular complexity index is 475. The molecule has 1 N–H and O–H groups in total. The van der Waals surface area contributed by atoms with E-state index in [-0.39, 0.29) is 13.0 Å². The monoisotopic (exact) mass is 288 g/mol. The van der Waals surface area contributed by atoms with Gasteiger partial charge in [0, 0.05) is 12.5 Å². The first-order chi connectivity index (χ1) is 9.28. The summed E-state index contributed by atoms with van der Waals surface area (Å²) >= 11 is 0. The van der Waals surface area contributed by atoms with E-state index in [4.69, 9.17) is 9.84 Å². The summed E-state index contributed by atoms with van der Waals surface area (Å²) < 4.78 is 40.9. The molecular formula is C14H15F3O3. The molecular weight excluding hydrogens is 273 g/mol. The standard InChI is InChI=1S/C14H15F3O3/c1-10(9-13(18)19)11-3-5-12(6-4-11)20-8-2-7-14(15,16)17/h3-6,9H,2,7-8H2,1H3,(H,18,19)/b10-9-. The minimum atomic E-state index is -4.16. The molecule has 0 amide bonds. The molecule has 0 saturated carbocycles. The molecule has 0 fully saturated rings. The van der Waals surface area contributed by atoms with Gasteiger partial charge in [0.2, 0.25) is 0 Å². The van der Waals surface area contributed by atoms with Gasteiger partial charge in [-0.3, -0.25) is 0 Å². The molecule has 3 nitrogen and oxygen atoms in total. The molecule has 6 heteroatoms. The highest BCUT2D eigenvalue weighted by Crippen LogP contribution is 2.22. The summed E-state index contributed by atoms with van der Waals surface area (Å²) in [5.74, 6) is -0.575. The van der Waals surface area contributed by atoms with Gasteiger partial charge in [0.05, 0.1) is 6.61 Å². The molecule has 0 aliphatic rings. The first-order valence-corrected chi connectivity index (χ1v) is 5.99. The van der Waals surface area contributed by atoms with Crippen LogP contribution in [-0.4, -0.2) is 23.9 Å². The largest absolute Gasteiger partial charge is 0.494 e. The van der Waals surface area contributed by atoms with Gasteiger partial charge < -0.3 is 9.84 Å². The lowest BCUT2D eigenvalue weighted by Gasteiger charge is -2.09. The van der Waals surface area contributed by atoms with Crippen molar-refractivity contribution in [2.45, 2.75) is 25.9 Å². The van der Waals surface area contributed by atoms with E-state index in [1.165, 1.54) is 0 Å². The Morgan fingerprint density at radius 1 is 1.30 bits per heavy atom. The van der Waals surface area contributed by atoms with Crippen molar-refractivity contribution >= 4 is 11.5 Å². The van der Waals surface area contributed by atoms with Crippen molar-refractivity contribution < 1.29 is 27.8 Å². The summed E-state index contributed by atoms with van der Waals surface area (Å²) in [6.45, 7) is 1.65. The fraction of sp³-hybridized carbons (Fsp3) is 0.357. The average Bonchev–Trinajstić information content (AvgIpc) is 2.33. The van der Waals surface area contributed by atoms with Gasteiger partial charge >= 0.3 is 12.1 Å². The summed E-state index contributed by atoms with van der Waals surface area (Å²) in [6, 6.07) is 6.52. The highest BCUT2D eigenvalue weighted by molar-refractivity contribution is 5.89. The van der Waals surface area contributed by atoms with E-state index in [0.717, 1.165) is 11.6 Å². The highest BCUT2D eigenvalue weighted by Gasteiger charge is 2.26. The first kappa shape index (κ1) is 16.1. The average molecular weight is 288 g/mol. The van der Waals surface area contributed by atoms with E-state index in [2.05, 4.69) is 0 Å². The molecule has 1 aromatic rings. The summed E-state index contributed by atoms with van der Waals surface area (Å²) in [4.78, 5) is 10.5. The van der Waals surface area contributed by atoms with E-state index in [0.29, 0.717) is 11.3 Å². The number of aliphatic carboxylic acids is 1. The predicted molar refractivity (Wildman–Crippen MR) is 68.5 cm³/mol. The molecule has 0 aromatic heterocycles. The molecule has 0 unspecified atom stereocenters. The molecule has 20 heavy (non-hydrogen) atoms. The van der Waals surface area contributed by atoms with Gasteiger partial charge in [-0.1, -0.05) is 12.1 Å². The van der Waals surface area contributed by atoms with Crippen LogP contribution in [-0.2, 0) is 4.79 Å². The van der Waals surface area contributed by atoms with Crippen LogP contribution in [0.15, 0.2) is 30.3 Å². The number of halogens is 3. The summed E-state index contributed by atoms with van der Waals surface area (Å²) in [6.07, 6.45) is -4.04. The third-order valence-corrected chi connectivity index (χ3v) is 2.52. The highest BCUT2D eigenvalue weighted by atomic mass is 19.4. The number of allylic oxidation sites excluding steroid dienone is 1. The number of rotatable bonds is 6. The second kappa shape index (κ2) is 6.98. The smallest absolute Gasteiger partial charge is 0.389 e. The topological polar surface area (TPSA) is 46.5 Å². The lowest BCUT2D eigenvalue weighted by atomic mass is 10.1. The van der Waals surface area contributed by atoms with Crippen molar-refractivity contribution in [2.24, 2.45) is 0 Å². The van der Waals surface area contributed by atoms with Crippen molar-refractivity contribution in [3.63, 3.8) is 0 Å². The Morgan fingerprint density at radius 2 is 1.90 bits per heavy atom.